The number of hydrogen-bond acceptors (Lipinski definition) is 5. The van der Waals surface area contributed by atoms with Crippen LogP contribution in [0.25, 0.3) is 33.9 Å². The van der Waals surface area contributed by atoms with Crippen molar-refractivity contribution < 1.29 is 9.15 Å². The number of fused-ring (bicyclic) bond motifs is 1. The molecule has 2 heterocycles. The van der Waals surface area contributed by atoms with Gasteiger partial charge < -0.3 is 14.1 Å². The van der Waals surface area contributed by atoms with Crippen LogP contribution in [0, 0.1) is 0 Å². The summed E-state index contributed by atoms with van der Waals surface area (Å²) in [4.78, 5) is 8.02. The molecule has 6 nitrogen and oxygen atoms in total. The number of benzene rings is 3. The molecule has 0 atom stereocenters. The second kappa shape index (κ2) is 7.00. The standard InChI is InChI=1S/C22H16N4O2/c1-2-8-15(9-3-1)14-27-22-26-25-21(28-22)17-11-5-4-10-16(17)20-23-18-12-6-7-13-19(18)24-20/h1-13H,14H2,(H,23,24). The molecule has 0 saturated heterocycles. The maximum atomic E-state index is 5.74. The highest BCUT2D eigenvalue weighted by atomic mass is 16.6. The Morgan fingerprint density at radius 2 is 1.54 bits per heavy atom. The Morgan fingerprint density at radius 1 is 0.786 bits per heavy atom. The van der Waals surface area contributed by atoms with E-state index in [1.807, 2.05) is 78.9 Å². The molecule has 0 spiro atoms. The van der Waals surface area contributed by atoms with Crippen molar-refractivity contribution in [1.82, 2.24) is 20.2 Å². The Morgan fingerprint density at radius 3 is 2.39 bits per heavy atom. The lowest BCUT2D eigenvalue weighted by molar-refractivity contribution is 0.222. The first kappa shape index (κ1) is 16.3. The Bertz CT molecular complexity index is 1190. The van der Waals surface area contributed by atoms with Gasteiger partial charge in [0.25, 0.3) is 5.89 Å². The number of aromatic nitrogens is 4. The first-order chi connectivity index (χ1) is 13.9. The summed E-state index contributed by atoms with van der Waals surface area (Å²) in [5.41, 5.74) is 4.60. The van der Waals surface area contributed by atoms with Gasteiger partial charge in [-0.2, -0.15) is 0 Å². The van der Waals surface area contributed by atoms with E-state index >= 15 is 0 Å². The van der Waals surface area contributed by atoms with E-state index in [1.165, 1.54) is 0 Å². The SMILES string of the molecule is c1ccc(COc2nnc(-c3ccccc3-c3nc4ccccc4[nH]3)o2)cc1. The van der Waals surface area contributed by atoms with E-state index in [1.54, 1.807) is 0 Å². The van der Waals surface area contributed by atoms with Crippen molar-refractivity contribution in [2.24, 2.45) is 0 Å². The molecule has 0 aliphatic heterocycles. The van der Waals surface area contributed by atoms with Crippen LogP contribution in [0.4, 0.5) is 0 Å². The van der Waals surface area contributed by atoms with E-state index in [9.17, 15) is 0 Å². The highest BCUT2D eigenvalue weighted by Gasteiger charge is 2.16. The second-order valence-corrected chi connectivity index (χ2v) is 6.30. The van der Waals surface area contributed by atoms with Crippen LogP contribution in [-0.4, -0.2) is 20.2 Å². The van der Waals surface area contributed by atoms with Crippen LogP contribution >= 0.6 is 0 Å². The normalized spacial score (nSPS) is 11.0. The molecule has 1 N–H and O–H groups in total. The van der Waals surface area contributed by atoms with Crippen LogP contribution in [0.3, 0.4) is 0 Å². The van der Waals surface area contributed by atoms with E-state index in [-0.39, 0.29) is 6.08 Å². The Hall–Kier alpha value is -3.93. The first-order valence-corrected chi connectivity index (χ1v) is 8.91. The van der Waals surface area contributed by atoms with E-state index in [4.69, 9.17) is 9.15 Å². The van der Waals surface area contributed by atoms with Crippen LogP contribution in [0.1, 0.15) is 5.56 Å². The number of H-pyrrole nitrogens is 1. The lowest BCUT2D eigenvalue weighted by Gasteiger charge is -2.03. The summed E-state index contributed by atoms with van der Waals surface area (Å²) in [6, 6.07) is 25.5. The highest BCUT2D eigenvalue weighted by Crippen LogP contribution is 2.31. The number of rotatable bonds is 5. The topological polar surface area (TPSA) is 76.8 Å². The Balaban J connectivity index is 1.45. The molecule has 3 aromatic carbocycles. The number of nitrogens with zero attached hydrogens (tertiary/aromatic N) is 3. The number of imidazole rings is 1. The summed E-state index contributed by atoms with van der Waals surface area (Å²) < 4.78 is 11.4. The monoisotopic (exact) mass is 368 g/mol. The fourth-order valence-electron chi connectivity index (χ4n) is 3.05. The molecule has 0 saturated carbocycles. The van der Waals surface area contributed by atoms with Crippen molar-refractivity contribution in [2.75, 3.05) is 0 Å². The molecule has 0 amide bonds. The maximum absolute atomic E-state index is 5.74. The largest absolute Gasteiger partial charge is 0.444 e. The van der Waals surface area contributed by atoms with Crippen LogP contribution in [0.5, 0.6) is 6.08 Å². The molecule has 0 radical (unpaired) electrons. The molecule has 0 bridgehead atoms. The van der Waals surface area contributed by atoms with Crippen molar-refractivity contribution in [2.45, 2.75) is 6.61 Å². The molecule has 2 aromatic heterocycles. The van der Waals surface area contributed by atoms with Gasteiger partial charge in [-0.05, 0) is 23.8 Å². The average molecular weight is 368 g/mol. The average Bonchev–Trinajstić information content (AvgIpc) is 3.40. The fraction of sp³-hybridized carbons (Fsp3) is 0.0455. The molecule has 136 valence electrons. The van der Waals surface area contributed by atoms with Gasteiger partial charge in [-0.15, -0.1) is 5.10 Å². The van der Waals surface area contributed by atoms with Crippen molar-refractivity contribution in [3.63, 3.8) is 0 Å². The Kier molecular flexibility index (Phi) is 4.06. The number of para-hydroxylation sites is 2. The molecule has 28 heavy (non-hydrogen) atoms. The third kappa shape index (κ3) is 3.12. The lowest BCUT2D eigenvalue weighted by atomic mass is 10.1. The van der Waals surface area contributed by atoms with Crippen molar-refractivity contribution >= 4 is 11.0 Å². The van der Waals surface area contributed by atoms with Gasteiger partial charge in [0.1, 0.15) is 12.4 Å². The van der Waals surface area contributed by atoms with Gasteiger partial charge in [0.15, 0.2) is 0 Å². The highest BCUT2D eigenvalue weighted by molar-refractivity contribution is 5.83. The van der Waals surface area contributed by atoms with Crippen molar-refractivity contribution in [3.05, 3.63) is 84.4 Å². The van der Waals surface area contributed by atoms with Crippen LogP contribution in [0.15, 0.2) is 83.3 Å². The molecule has 0 aliphatic rings. The number of ether oxygens (including phenoxy) is 1. The predicted octanol–water partition coefficient (Wildman–Crippen LogP) is 4.86. The third-order valence-electron chi connectivity index (χ3n) is 4.41. The maximum Gasteiger partial charge on any atom is 0.415 e. The third-order valence-corrected chi connectivity index (χ3v) is 4.41. The molecule has 0 aliphatic carbocycles. The summed E-state index contributed by atoms with van der Waals surface area (Å²) in [6.07, 6.45) is 0.137. The minimum Gasteiger partial charge on any atom is -0.444 e. The summed E-state index contributed by atoms with van der Waals surface area (Å²) in [7, 11) is 0. The zero-order valence-corrected chi connectivity index (χ0v) is 14.9. The molecule has 5 aromatic rings. The van der Waals surface area contributed by atoms with Gasteiger partial charge in [0.05, 0.1) is 11.0 Å². The molecule has 0 fully saturated rings. The summed E-state index contributed by atoms with van der Waals surface area (Å²) in [5.74, 6) is 1.14. The molecule has 5 rings (SSSR count). The lowest BCUT2D eigenvalue weighted by Crippen LogP contribution is -1.94. The predicted molar refractivity (Wildman–Crippen MR) is 106 cm³/mol. The van der Waals surface area contributed by atoms with Gasteiger partial charge in [0, 0.05) is 11.1 Å². The van der Waals surface area contributed by atoms with Crippen molar-refractivity contribution in [1.29, 1.82) is 0 Å². The fourth-order valence-corrected chi connectivity index (χ4v) is 3.05. The van der Waals surface area contributed by atoms with Crippen LogP contribution in [0.2, 0.25) is 0 Å². The minimum absolute atomic E-state index is 0.137. The Labute approximate surface area is 160 Å². The summed E-state index contributed by atoms with van der Waals surface area (Å²) >= 11 is 0. The van der Waals surface area contributed by atoms with Gasteiger partial charge in [0.2, 0.25) is 0 Å². The van der Waals surface area contributed by atoms with E-state index in [0.29, 0.717) is 12.5 Å². The van der Waals surface area contributed by atoms with Gasteiger partial charge in [-0.3, -0.25) is 0 Å². The zero-order chi connectivity index (χ0) is 18.8. The molecular weight excluding hydrogens is 352 g/mol. The van der Waals surface area contributed by atoms with Gasteiger partial charge in [-0.1, -0.05) is 65.8 Å². The van der Waals surface area contributed by atoms with Gasteiger partial charge in [-0.25, -0.2) is 4.98 Å². The van der Waals surface area contributed by atoms with E-state index in [2.05, 4.69) is 20.2 Å². The number of nitrogens with one attached hydrogen (secondary N) is 1. The summed E-state index contributed by atoms with van der Waals surface area (Å²) in [5, 5.41) is 8.17. The molecular formula is C22H16N4O2. The van der Waals surface area contributed by atoms with E-state index in [0.717, 1.165) is 33.5 Å². The molecule has 0 unspecified atom stereocenters. The number of aromatic amines is 1. The molecule has 6 heteroatoms. The zero-order valence-electron chi connectivity index (χ0n) is 14.9. The summed E-state index contributed by atoms with van der Waals surface area (Å²) in [6.45, 7) is 0.369. The minimum atomic E-state index is 0.137. The smallest absolute Gasteiger partial charge is 0.415 e. The van der Waals surface area contributed by atoms with Crippen LogP contribution in [-0.2, 0) is 6.61 Å². The van der Waals surface area contributed by atoms with Gasteiger partial charge >= 0.3 is 6.08 Å². The number of hydrogen-bond donors (Lipinski definition) is 1. The van der Waals surface area contributed by atoms with Crippen molar-refractivity contribution in [3.8, 4) is 28.9 Å². The first-order valence-electron chi connectivity index (χ1n) is 8.91. The van der Waals surface area contributed by atoms with E-state index < -0.39 is 0 Å². The van der Waals surface area contributed by atoms with Crippen LogP contribution < -0.4 is 4.74 Å². The second-order valence-electron chi connectivity index (χ2n) is 6.30. The quantitative estimate of drug-likeness (QED) is 0.479.